The Labute approximate surface area is 141 Å². The number of hydrogen-bond acceptors (Lipinski definition) is 5. The van der Waals surface area contributed by atoms with Crippen molar-refractivity contribution in [1.29, 1.82) is 0 Å². The molecule has 0 spiro atoms. The molecule has 0 atom stereocenters. The maximum atomic E-state index is 11.8. The highest BCUT2D eigenvalue weighted by molar-refractivity contribution is 5.91. The Balaban J connectivity index is 1.88. The van der Waals surface area contributed by atoms with E-state index in [-0.39, 0.29) is 12.5 Å². The number of benzene rings is 2. The summed E-state index contributed by atoms with van der Waals surface area (Å²) >= 11 is 0. The molecule has 6 heteroatoms. The van der Waals surface area contributed by atoms with E-state index < -0.39 is 0 Å². The van der Waals surface area contributed by atoms with Crippen molar-refractivity contribution in [1.82, 2.24) is 0 Å². The predicted molar refractivity (Wildman–Crippen MR) is 92.9 cm³/mol. The second-order valence-corrected chi connectivity index (χ2v) is 5.03. The van der Waals surface area contributed by atoms with Crippen LogP contribution in [0.25, 0.3) is 0 Å². The summed E-state index contributed by atoms with van der Waals surface area (Å²) in [6.45, 7) is 1.80. The number of oxime groups is 1. The molecule has 0 heterocycles. The first kappa shape index (κ1) is 17.3. The lowest BCUT2D eigenvalue weighted by atomic mass is 10.2. The minimum Gasteiger partial charge on any atom is -0.497 e. The Kier molecular flexibility index (Phi) is 6.19. The molecule has 0 aliphatic carbocycles. The highest BCUT2D eigenvalue weighted by atomic mass is 16.6. The number of hydrogen-bond donors (Lipinski definition) is 1. The molecular formula is C18H20N2O4. The summed E-state index contributed by atoms with van der Waals surface area (Å²) in [4.78, 5) is 16.8. The smallest absolute Gasteiger partial charge is 0.265 e. The maximum Gasteiger partial charge on any atom is 0.265 e. The van der Waals surface area contributed by atoms with Crippen LogP contribution >= 0.6 is 0 Å². The van der Waals surface area contributed by atoms with Crippen molar-refractivity contribution in [2.75, 3.05) is 26.1 Å². The molecule has 0 aliphatic rings. The lowest BCUT2D eigenvalue weighted by molar-refractivity contribution is -0.120. The summed E-state index contributed by atoms with van der Waals surface area (Å²) in [5.74, 6) is 1.02. The first-order chi connectivity index (χ1) is 11.6. The van der Waals surface area contributed by atoms with Crippen LogP contribution < -0.4 is 14.8 Å². The lowest BCUT2D eigenvalue weighted by Gasteiger charge is -2.07. The van der Waals surface area contributed by atoms with Gasteiger partial charge in [0.25, 0.3) is 5.91 Å². The average Bonchev–Trinajstić information content (AvgIpc) is 2.60. The number of anilines is 1. The van der Waals surface area contributed by atoms with E-state index in [2.05, 4.69) is 10.5 Å². The fourth-order valence-corrected chi connectivity index (χ4v) is 1.96. The van der Waals surface area contributed by atoms with E-state index in [1.165, 1.54) is 6.21 Å². The first-order valence-corrected chi connectivity index (χ1v) is 7.36. The number of nitrogens with zero attached hydrogens (tertiary/aromatic N) is 1. The normalized spacial score (nSPS) is 10.5. The molecule has 24 heavy (non-hydrogen) atoms. The van der Waals surface area contributed by atoms with Gasteiger partial charge in [0.2, 0.25) is 0 Å². The number of nitrogens with one attached hydrogen (secondary N) is 1. The molecule has 1 amide bonds. The third kappa shape index (κ3) is 5.01. The molecule has 0 bridgehead atoms. The van der Waals surface area contributed by atoms with Gasteiger partial charge in [-0.3, -0.25) is 4.79 Å². The third-order valence-corrected chi connectivity index (χ3v) is 3.23. The molecule has 0 saturated carbocycles. The number of carbonyl (C=O) groups excluding carboxylic acids is 1. The monoisotopic (exact) mass is 328 g/mol. The van der Waals surface area contributed by atoms with Crippen molar-refractivity contribution in [3.63, 3.8) is 0 Å². The van der Waals surface area contributed by atoms with Gasteiger partial charge < -0.3 is 19.6 Å². The van der Waals surface area contributed by atoms with Crippen LogP contribution in [-0.2, 0) is 9.63 Å². The quantitative estimate of drug-likeness (QED) is 0.626. The van der Waals surface area contributed by atoms with Crippen LogP contribution in [0.4, 0.5) is 5.69 Å². The van der Waals surface area contributed by atoms with Crippen molar-refractivity contribution >= 4 is 17.8 Å². The zero-order chi connectivity index (χ0) is 17.4. The van der Waals surface area contributed by atoms with Gasteiger partial charge in [-0.25, -0.2) is 0 Å². The highest BCUT2D eigenvalue weighted by Gasteiger charge is 2.04. The van der Waals surface area contributed by atoms with E-state index in [1.54, 1.807) is 32.4 Å². The summed E-state index contributed by atoms with van der Waals surface area (Å²) in [6.07, 6.45) is 1.47. The summed E-state index contributed by atoms with van der Waals surface area (Å²) in [5, 5.41) is 6.53. The van der Waals surface area contributed by atoms with Gasteiger partial charge in [-0.2, -0.15) is 0 Å². The van der Waals surface area contributed by atoms with Gasteiger partial charge >= 0.3 is 0 Å². The average molecular weight is 328 g/mol. The molecule has 2 rings (SSSR count). The molecule has 1 N–H and O–H groups in total. The summed E-state index contributed by atoms with van der Waals surface area (Å²) in [5.41, 5.74) is 2.53. The van der Waals surface area contributed by atoms with Crippen LogP contribution in [0.5, 0.6) is 11.5 Å². The zero-order valence-corrected chi connectivity index (χ0v) is 13.9. The van der Waals surface area contributed by atoms with Crippen LogP contribution in [0, 0.1) is 6.92 Å². The van der Waals surface area contributed by atoms with E-state index in [9.17, 15) is 4.79 Å². The standard InChI is InChI=1S/C18H20N2O4/c1-13-4-6-15(7-5-13)20-18(21)12-24-19-11-14-10-16(22-2)8-9-17(14)23-3/h4-11H,12H2,1-3H3,(H,20,21)/b19-11+. The summed E-state index contributed by atoms with van der Waals surface area (Å²) in [6, 6.07) is 12.8. The van der Waals surface area contributed by atoms with Crippen molar-refractivity contribution in [3.05, 3.63) is 53.6 Å². The number of rotatable bonds is 7. The highest BCUT2D eigenvalue weighted by Crippen LogP contribution is 2.22. The number of aryl methyl sites for hydroxylation is 1. The van der Waals surface area contributed by atoms with Gasteiger partial charge in [0.1, 0.15) is 11.5 Å². The lowest BCUT2D eigenvalue weighted by Crippen LogP contribution is -2.16. The van der Waals surface area contributed by atoms with Gasteiger partial charge in [0.05, 0.1) is 20.4 Å². The molecule has 2 aromatic carbocycles. The van der Waals surface area contributed by atoms with Crippen LogP contribution in [0.3, 0.4) is 0 Å². The van der Waals surface area contributed by atoms with E-state index in [0.29, 0.717) is 22.7 Å². The van der Waals surface area contributed by atoms with Crippen LogP contribution in [0.1, 0.15) is 11.1 Å². The van der Waals surface area contributed by atoms with Crippen LogP contribution in [0.15, 0.2) is 47.6 Å². The maximum absolute atomic E-state index is 11.8. The Morgan fingerprint density at radius 3 is 2.54 bits per heavy atom. The number of carbonyl (C=O) groups is 1. The molecule has 6 nitrogen and oxygen atoms in total. The van der Waals surface area contributed by atoms with Crippen LogP contribution in [-0.4, -0.2) is 32.9 Å². The Bertz CT molecular complexity index is 711. The van der Waals surface area contributed by atoms with E-state index in [4.69, 9.17) is 14.3 Å². The molecule has 2 aromatic rings. The number of ether oxygens (including phenoxy) is 2. The fourth-order valence-electron chi connectivity index (χ4n) is 1.96. The second-order valence-electron chi connectivity index (χ2n) is 5.03. The van der Waals surface area contributed by atoms with Crippen LogP contribution in [0.2, 0.25) is 0 Å². The Morgan fingerprint density at radius 1 is 1.12 bits per heavy atom. The summed E-state index contributed by atoms with van der Waals surface area (Å²) in [7, 11) is 3.14. The second kappa shape index (κ2) is 8.57. The third-order valence-electron chi connectivity index (χ3n) is 3.23. The van der Waals surface area contributed by atoms with Gasteiger partial charge in [-0.05, 0) is 37.3 Å². The Hall–Kier alpha value is -3.02. The Morgan fingerprint density at radius 2 is 1.88 bits per heavy atom. The number of amides is 1. The van der Waals surface area contributed by atoms with Crippen molar-refractivity contribution < 1.29 is 19.1 Å². The van der Waals surface area contributed by atoms with E-state index in [0.717, 1.165) is 5.56 Å². The topological polar surface area (TPSA) is 69.1 Å². The molecule has 0 aliphatic heterocycles. The van der Waals surface area contributed by atoms with Crippen molar-refractivity contribution in [2.45, 2.75) is 6.92 Å². The minimum atomic E-state index is -0.284. The molecule has 0 aromatic heterocycles. The predicted octanol–water partition coefficient (Wildman–Crippen LogP) is 3.00. The van der Waals surface area contributed by atoms with Crippen molar-refractivity contribution in [3.8, 4) is 11.5 Å². The zero-order valence-electron chi connectivity index (χ0n) is 13.9. The van der Waals surface area contributed by atoms with Crippen molar-refractivity contribution in [2.24, 2.45) is 5.16 Å². The fraction of sp³-hybridized carbons (Fsp3) is 0.222. The SMILES string of the molecule is COc1ccc(OC)c(/C=N/OCC(=O)Nc2ccc(C)cc2)c1. The van der Waals surface area contributed by atoms with E-state index >= 15 is 0 Å². The largest absolute Gasteiger partial charge is 0.497 e. The van der Waals surface area contributed by atoms with Gasteiger partial charge in [-0.1, -0.05) is 22.9 Å². The molecule has 0 radical (unpaired) electrons. The van der Waals surface area contributed by atoms with Gasteiger partial charge in [0.15, 0.2) is 6.61 Å². The molecule has 0 unspecified atom stereocenters. The van der Waals surface area contributed by atoms with Gasteiger partial charge in [-0.15, -0.1) is 0 Å². The molecule has 0 fully saturated rings. The first-order valence-electron chi connectivity index (χ1n) is 7.36. The molecule has 0 saturated heterocycles. The van der Waals surface area contributed by atoms with Gasteiger partial charge in [0, 0.05) is 11.3 Å². The molecule has 126 valence electrons. The molecular weight excluding hydrogens is 308 g/mol. The number of methoxy groups -OCH3 is 2. The van der Waals surface area contributed by atoms with E-state index in [1.807, 2.05) is 31.2 Å². The minimum absolute atomic E-state index is 0.184. The summed E-state index contributed by atoms with van der Waals surface area (Å²) < 4.78 is 10.4.